The summed E-state index contributed by atoms with van der Waals surface area (Å²) < 4.78 is 46.3. The van der Waals surface area contributed by atoms with Crippen LogP contribution in [-0.4, -0.2) is 20.3 Å². The van der Waals surface area contributed by atoms with Crippen molar-refractivity contribution in [1.82, 2.24) is 14.3 Å². The van der Waals surface area contributed by atoms with E-state index < -0.39 is 17.5 Å². The minimum absolute atomic E-state index is 0.164. The highest BCUT2D eigenvalue weighted by Gasteiger charge is 2.29. The standard InChI is InChI=1S/C22H19F3N4O3/c23-22(24,25)16-9-7-15(8-10-16)14-29-19(11-12-26-29)27-20(30)6-3-13-28-17-4-1-2-5-18(17)32-21(28)31/h1-2,4-5,7-12H,3,6,13-14H2,(H,27,30). The fourth-order valence-corrected chi connectivity index (χ4v) is 3.37. The van der Waals surface area contributed by atoms with Gasteiger partial charge in [-0.1, -0.05) is 24.3 Å². The van der Waals surface area contributed by atoms with Gasteiger partial charge in [-0.05, 0) is 36.2 Å². The van der Waals surface area contributed by atoms with Gasteiger partial charge >= 0.3 is 11.9 Å². The molecule has 4 aromatic rings. The quantitative estimate of drug-likeness (QED) is 0.461. The van der Waals surface area contributed by atoms with E-state index in [2.05, 4.69) is 10.4 Å². The summed E-state index contributed by atoms with van der Waals surface area (Å²) in [6.45, 7) is 0.533. The summed E-state index contributed by atoms with van der Waals surface area (Å²) in [4.78, 5) is 24.3. The Balaban J connectivity index is 1.34. The van der Waals surface area contributed by atoms with Gasteiger partial charge in [0.25, 0.3) is 0 Å². The number of halogens is 3. The number of nitrogens with one attached hydrogen (secondary N) is 1. The number of oxazole rings is 1. The molecule has 10 heteroatoms. The number of fused-ring (bicyclic) bond motifs is 1. The Kier molecular flexibility index (Phi) is 5.85. The van der Waals surface area contributed by atoms with E-state index in [-0.39, 0.29) is 18.9 Å². The summed E-state index contributed by atoms with van der Waals surface area (Å²) >= 11 is 0. The predicted molar refractivity (Wildman–Crippen MR) is 111 cm³/mol. The van der Waals surface area contributed by atoms with Crippen LogP contribution in [0.2, 0.25) is 0 Å². The van der Waals surface area contributed by atoms with Gasteiger partial charge in [0.1, 0.15) is 5.82 Å². The zero-order valence-electron chi connectivity index (χ0n) is 16.8. The SMILES string of the molecule is O=C(CCCn1c(=O)oc2ccccc21)Nc1ccnn1Cc1ccc(C(F)(F)F)cc1. The fraction of sp³-hybridized carbons (Fsp3) is 0.227. The highest BCUT2D eigenvalue weighted by Crippen LogP contribution is 2.29. The zero-order valence-corrected chi connectivity index (χ0v) is 16.8. The van der Waals surface area contributed by atoms with Crippen LogP contribution in [-0.2, 0) is 24.1 Å². The maximum atomic E-state index is 12.7. The molecular weight excluding hydrogens is 425 g/mol. The lowest BCUT2D eigenvalue weighted by atomic mass is 10.1. The molecule has 0 unspecified atom stereocenters. The van der Waals surface area contributed by atoms with Gasteiger partial charge < -0.3 is 9.73 Å². The molecule has 0 radical (unpaired) electrons. The van der Waals surface area contributed by atoms with Crippen molar-refractivity contribution < 1.29 is 22.4 Å². The Labute approximate surface area is 180 Å². The van der Waals surface area contributed by atoms with E-state index in [4.69, 9.17) is 4.42 Å². The summed E-state index contributed by atoms with van der Waals surface area (Å²) in [7, 11) is 0. The van der Waals surface area contributed by atoms with Crippen LogP contribution < -0.4 is 11.1 Å². The van der Waals surface area contributed by atoms with Crippen LogP contribution in [0.4, 0.5) is 19.0 Å². The first-order chi connectivity index (χ1) is 15.3. The van der Waals surface area contributed by atoms with Gasteiger partial charge in [0, 0.05) is 19.0 Å². The maximum Gasteiger partial charge on any atom is 0.419 e. The molecule has 0 aliphatic carbocycles. The van der Waals surface area contributed by atoms with Gasteiger partial charge in [-0.2, -0.15) is 18.3 Å². The third-order valence-electron chi connectivity index (χ3n) is 4.96. The number of aryl methyl sites for hydroxylation is 1. The summed E-state index contributed by atoms with van der Waals surface area (Å²) in [6, 6.07) is 13.5. The summed E-state index contributed by atoms with van der Waals surface area (Å²) in [5.41, 5.74) is 1.06. The average molecular weight is 444 g/mol. The van der Waals surface area contributed by atoms with Crippen LogP contribution in [0.15, 0.2) is 70.0 Å². The molecule has 1 amide bonds. The Morgan fingerprint density at radius 2 is 1.81 bits per heavy atom. The molecule has 2 aromatic heterocycles. The number of hydrogen-bond acceptors (Lipinski definition) is 4. The van der Waals surface area contributed by atoms with Gasteiger partial charge in [0.2, 0.25) is 5.91 Å². The molecule has 0 saturated heterocycles. The highest BCUT2D eigenvalue weighted by atomic mass is 19.4. The molecule has 0 spiro atoms. The Hall–Kier alpha value is -3.82. The number of anilines is 1. The smallest absolute Gasteiger partial charge is 0.408 e. The average Bonchev–Trinajstić information content (AvgIpc) is 3.31. The number of benzene rings is 2. The second-order valence-corrected chi connectivity index (χ2v) is 7.21. The molecule has 0 saturated carbocycles. The summed E-state index contributed by atoms with van der Waals surface area (Å²) in [6.07, 6.45) is -2.31. The van der Waals surface area contributed by atoms with Gasteiger partial charge in [0.15, 0.2) is 5.58 Å². The van der Waals surface area contributed by atoms with Crippen molar-refractivity contribution in [3.63, 3.8) is 0 Å². The molecule has 1 N–H and O–H groups in total. The molecule has 0 bridgehead atoms. The van der Waals surface area contributed by atoms with Crippen LogP contribution in [0.1, 0.15) is 24.0 Å². The maximum absolute atomic E-state index is 12.7. The number of carbonyl (C=O) groups excluding carboxylic acids is 1. The van der Waals surface area contributed by atoms with Crippen molar-refractivity contribution in [1.29, 1.82) is 0 Å². The first kappa shape index (κ1) is 21.4. The van der Waals surface area contributed by atoms with Gasteiger partial charge in [-0.15, -0.1) is 0 Å². The van der Waals surface area contributed by atoms with Crippen molar-refractivity contribution in [2.45, 2.75) is 32.1 Å². The van der Waals surface area contributed by atoms with E-state index >= 15 is 0 Å². The second kappa shape index (κ2) is 8.74. The normalized spacial score (nSPS) is 11.7. The number of aromatic nitrogens is 3. The number of para-hydroxylation sites is 2. The lowest BCUT2D eigenvalue weighted by Gasteiger charge is -2.11. The van der Waals surface area contributed by atoms with Crippen LogP contribution in [0, 0.1) is 0 Å². The van der Waals surface area contributed by atoms with Crippen molar-refractivity contribution in [2.75, 3.05) is 5.32 Å². The molecule has 0 aliphatic heterocycles. The first-order valence-electron chi connectivity index (χ1n) is 9.87. The van der Waals surface area contributed by atoms with Crippen LogP contribution in [0.5, 0.6) is 0 Å². The molecule has 0 atom stereocenters. The van der Waals surface area contributed by atoms with Crippen molar-refractivity contribution >= 4 is 22.8 Å². The van der Waals surface area contributed by atoms with Gasteiger partial charge in [-0.3, -0.25) is 9.36 Å². The van der Waals surface area contributed by atoms with E-state index in [0.717, 1.165) is 12.1 Å². The van der Waals surface area contributed by atoms with E-state index in [1.54, 1.807) is 30.3 Å². The number of carbonyl (C=O) groups is 1. The van der Waals surface area contributed by atoms with Crippen LogP contribution >= 0.6 is 0 Å². The zero-order chi connectivity index (χ0) is 22.7. The fourth-order valence-electron chi connectivity index (χ4n) is 3.37. The molecule has 0 fully saturated rings. The number of hydrogen-bond donors (Lipinski definition) is 1. The van der Waals surface area contributed by atoms with E-state index in [0.29, 0.717) is 35.4 Å². The third-order valence-corrected chi connectivity index (χ3v) is 4.96. The Morgan fingerprint density at radius 3 is 2.56 bits per heavy atom. The van der Waals surface area contributed by atoms with Crippen molar-refractivity contribution in [3.05, 3.63) is 82.5 Å². The first-order valence-corrected chi connectivity index (χ1v) is 9.87. The highest BCUT2D eigenvalue weighted by molar-refractivity contribution is 5.89. The number of rotatable bonds is 7. The van der Waals surface area contributed by atoms with Crippen LogP contribution in [0.3, 0.4) is 0 Å². The molecule has 4 rings (SSSR count). The van der Waals surface area contributed by atoms with Crippen molar-refractivity contribution in [3.8, 4) is 0 Å². The minimum atomic E-state index is -4.39. The molecule has 2 aromatic carbocycles. The Bertz CT molecular complexity index is 1290. The van der Waals surface area contributed by atoms with E-state index in [1.165, 1.54) is 27.6 Å². The monoisotopic (exact) mass is 444 g/mol. The van der Waals surface area contributed by atoms with Gasteiger partial charge in [-0.25, -0.2) is 9.48 Å². The summed E-state index contributed by atoms with van der Waals surface area (Å²) in [5.74, 6) is -0.304. The second-order valence-electron chi connectivity index (χ2n) is 7.21. The minimum Gasteiger partial charge on any atom is -0.408 e. The molecule has 7 nitrogen and oxygen atoms in total. The number of amides is 1. The van der Waals surface area contributed by atoms with E-state index in [9.17, 15) is 22.8 Å². The molecule has 32 heavy (non-hydrogen) atoms. The Morgan fingerprint density at radius 1 is 1.06 bits per heavy atom. The number of nitrogens with zero attached hydrogens (tertiary/aromatic N) is 3. The molecule has 166 valence electrons. The van der Waals surface area contributed by atoms with Crippen molar-refractivity contribution in [2.24, 2.45) is 0 Å². The molecule has 2 heterocycles. The lowest BCUT2D eigenvalue weighted by Crippen LogP contribution is -2.18. The van der Waals surface area contributed by atoms with Crippen LogP contribution in [0.25, 0.3) is 11.1 Å². The molecular formula is C22H19F3N4O3. The largest absolute Gasteiger partial charge is 0.419 e. The van der Waals surface area contributed by atoms with E-state index in [1.807, 2.05) is 0 Å². The van der Waals surface area contributed by atoms with Gasteiger partial charge in [0.05, 0.1) is 23.8 Å². The summed E-state index contributed by atoms with van der Waals surface area (Å²) in [5, 5.41) is 6.87. The number of alkyl halides is 3. The third kappa shape index (κ3) is 4.74. The molecule has 0 aliphatic rings. The predicted octanol–water partition coefficient (Wildman–Crippen LogP) is 4.28. The lowest BCUT2D eigenvalue weighted by molar-refractivity contribution is -0.137. The topological polar surface area (TPSA) is 82.1 Å².